The summed E-state index contributed by atoms with van der Waals surface area (Å²) in [6, 6.07) is 15.3. The van der Waals surface area contributed by atoms with Gasteiger partial charge in [0.05, 0.1) is 4.92 Å². The average molecular weight is 297 g/mol. The van der Waals surface area contributed by atoms with E-state index in [9.17, 15) is 14.9 Å². The van der Waals surface area contributed by atoms with Crippen LogP contribution in [-0.4, -0.2) is 23.4 Å². The Bertz CT molecular complexity index is 703. The first kappa shape index (κ1) is 14.1. The number of hydrogen-bond acceptors (Lipinski definition) is 4. The van der Waals surface area contributed by atoms with Crippen molar-refractivity contribution in [2.24, 2.45) is 0 Å². The van der Waals surface area contributed by atoms with Crippen molar-refractivity contribution in [2.45, 2.75) is 12.5 Å². The van der Waals surface area contributed by atoms with E-state index in [1.165, 1.54) is 6.07 Å². The van der Waals surface area contributed by atoms with Crippen LogP contribution >= 0.6 is 0 Å². The monoisotopic (exact) mass is 297 g/mol. The van der Waals surface area contributed by atoms with Crippen molar-refractivity contribution in [1.82, 2.24) is 0 Å². The highest BCUT2D eigenvalue weighted by molar-refractivity contribution is 6.01. The van der Waals surface area contributed by atoms with Crippen LogP contribution in [0.1, 0.15) is 6.42 Å². The molecule has 0 radical (unpaired) electrons. The molecule has 112 valence electrons. The minimum Gasteiger partial charge on any atom is -0.368 e. The van der Waals surface area contributed by atoms with E-state index in [1.807, 2.05) is 30.3 Å². The fraction of sp³-hybridized carbons (Fsp3) is 0.188. The average Bonchev–Trinajstić information content (AvgIpc) is 2.89. The highest BCUT2D eigenvalue weighted by Gasteiger charge is 2.33. The number of amides is 1. The maximum atomic E-state index is 12.5. The molecule has 1 aliphatic rings. The first-order valence-electron chi connectivity index (χ1n) is 7.03. The summed E-state index contributed by atoms with van der Waals surface area (Å²) in [7, 11) is 0. The van der Waals surface area contributed by atoms with Gasteiger partial charge in [0.25, 0.3) is 5.69 Å². The zero-order chi connectivity index (χ0) is 15.5. The van der Waals surface area contributed by atoms with Crippen LogP contribution in [0, 0.1) is 10.1 Å². The number of rotatable bonds is 4. The fourth-order valence-corrected chi connectivity index (χ4v) is 2.62. The van der Waals surface area contributed by atoms with Gasteiger partial charge in [0, 0.05) is 18.3 Å². The highest BCUT2D eigenvalue weighted by atomic mass is 16.6. The molecule has 1 amide bonds. The van der Waals surface area contributed by atoms with E-state index < -0.39 is 11.0 Å². The lowest BCUT2D eigenvalue weighted by molar-refractivity contribution is -0.384. The smallest absolute Gasteiger partial charge is 0.292 e. The lowest BCUT2D eigenvalue weighted by atomic mass is 10.2. The van der Waals surface area contributed by atoms with Gasteiger partial charge in [-0.1, -0.05) is 30.3 Å². The molecule has 1 saturated heterocycles. The Hall–Kier alpha value is -2.89. The van der Waals surface area contributed by atoms with E-state index in [4.69, 9.17) is 0 Å². The molecule has 1 fully saturated rings. The Kier molecular flexibility index (Phi) is 3.74. The summed E-state index contributed by atoms with van der Waals surface area (Å²) >= 11 is 0. The Balaban J connectivity index is 1.78. The van der Waals surface area contributed by atoms with Gasteiger partial charge in [-0.15, -0.1) is 0 Å². The van der Waals surface area contributed by atoms with Crippen LogP contribution in [0.2, 0.25) is 0 Å². The first-order valence-corrected chi connectivity index (χ1v) is 7.03. The van der Waals surface area contributed by atoms with Crippen molar-refractivity contribution >= 4 is 23.0 Å². The predicted molar refractivity (Wildman–Crippen MR) is 83.9 cm³/mol. The Labute approximate surface area is 127 Å². The molecule has 1 N–H and O–H groups in total. The van der Waals surface area contributed by atoms with Gasteiger partial charge in [-0.3, -0.25) is 14.9 Å². The molecule has 6 nitrogen and oxygen atoms in total. The molecule has 0 saturated carbocycles. The molecule has 1 aliphatic heterocycles. The van der Waals surface area contributed by atoms with Gasteiger partial charge < -0.3 is 10.2 Å². The third-order valence-electron chi connectivity index (χ3n) is 3.70. The maximum absolute atomic E-state index is 12.5. The van der Waals surface area contributed by atoms with Crippen LogP contribution < -0.4 is 10.2 Å². The molecule has 1 heterocycles. The molecule has 2 aromatic carbocycles. The number of nitrogens with zero attached hydrogens (tertiary/aromatic N) is 2. The summed E-state index contributed by atoms with van der Waals surface area (Å²) in [6.07, 6.45) is 0.611. The number of carbonyl (C=O) groups excluding carboxylic acids is 1. The van der Waals surface area contributed by atoms with Gasteiger partial charge in [0.2, 0.25) is 5.91 Å². The molecule has 0 bridgehead atoms. The van der Waals surface area contributed by atoms with E-state index in [-0.39, 0.29) is 11.6 Å². The number of carbonyl (C=O) groups is 1. The van der Waals surface area contributed by atoms with Crippen LogP contribution in [0.4, 0.5) is 17.1 Å². The van der Waals surface area contributed by atoms with Crippen LogP contribution in [0.15, 0.2) is 54.6 Å². The van der Waals surface area contributed by atoms with E-state index in [0.717, 1.165) is 5.69 Å². The number of anilines is 2. The first-order chi connectivity index (χ1) is 10.7. The SMILES string of the molecule is O=C1C(Nc2ccccc2[N+](=O)[O-])CCN1c1ccccc1. The van der Waals surface area contributed by atoms with E-state index in [0.29, 0.717) is 18.7 Å². The highest BCUT2D eigenvalue weighted by Crippen LogP contribution is 2.28. The number of para-hydroxylation sites is 3. The lowest BCUT2D eigenvalue weighted by Gasteiger charge is -2.17. The number of benzene rings is 2. The van der Waals surface area contributed by atoms with Crippen molar-refractivity contribution in [1.29, 1.82) is 0 Å². The zero-order valence-corrected chi connectivity index (χ0v) is 11.8. The molecular formula is C16H15N3O3. The standard InChI is InChI=1S/C16H15N3O3/c20-16-14(10-11-18(16)12-6-2-1-3-7-12)17-13-8-4-5-9-15(13)19(21)22/h1-9,14,17H,10-11H2. The van der Waals surface area contributed by atoms with Crippen molar-refractivity contribution in [3.63, 3.8) is 0 Å². The van der Waals surface area contributed by atoms with Crippen molar-refractivity contribution in [2.75, 3.05) is 16.8 Å². The van der Waals surface area contributed by atoms with Crippen molar-refractivity contribution < 1.29 is 9.72 Å². The number of nitro benzene ring substituents is 1. The van der Waals surface area contributed by atoms with Crippen molar-refractivity contribution in [3.8, 4) is 0 Å². The molecule has 1 atom stereocenters. The normalized spacial score (nSPS) is 17.5. The number of nitro groups is 1. The molecule has 3 rings (SSSR count). The van der Waals surface area contributed by atoms with Gasteiger partial charge in [0.1, 0.15) is 11.7 Å². The van der Waals surface area contributed by atoms with Gasteiger partial charge in [-0.25, -0.2) is 0 Å². The van der Waals surface area contributed by atoms with Gasteiger partial charge >= 0.3 is 0 Å². The summed E-state index contributed by atoms with van der Waals surface area (Å²) in [5, 5.41) is 14.0. The topological polar surface area (TPSA) is 75.5 Å². The molecule has 0 aliphatic carbocycles. The predicted octanol–water partition coefficient (Wildman–Crippen LogP) is 2.81. The summed E-state index contributed by atoms with van der Waals surface area (Å²) in [6.45, 7) is 0.598. The van der Waals surface area contributed by atoms with Crippen LogP contribution in [0.3, 0.4) is 0 Å². The minimum atomic E-state index is -0.448. The van der Waals surface area contributed by atoms with Gasteiger partial charge in [0.15, 0.2) is 0 Å². The van der Waals surface area contributed by atoms with Crippen molar-refractivity contribution in [3.05, 3.63) is 64.7 Å². The summed E-state index contributed by atoms with van der Waals surface area (Å²) in [5.74, 6) is -0.0654. The molecule has 2 aromatic rings. The quantitative estimate of drug-likeness (QED) is 0.695. The number of nitrogens with one attached hydrogen (secondary N) is 1. The molecule has 1 unspecified atom stereocenters. The Morgan fingerprint density at radius 3 is 2.50 bits per heavy atom. The largest absolute Gasteiger partial charge is 0.368 e. The van der Waals surface area contributed by atoms with E-state index >= 15 is 0 Å². The second-order valence-electron chi connectivity index (χ2n) is 5.09. The van der Waals surface area contributed by atoms with Crippen LogP contribution in [0.5, 0.6) is 0 Å². The molecule has 22 heavy (non-hydrogen) atoms. The van der Waals surface area contributed by atoms with Gasteiger partial charge in [-0.2, -0.15) is 0 Å². The third-order valence-corrected chi connectivity index (χ3v) is 3.70. The second-order valence-corrected chi connectivity index (χ2v) is 5.09. The molecule has 6 heteroatoms. The van der Waals surface area contributed by atoms with Crippen LogP contribution in [0.25, 0.3) is 0 Å². The maximum Gasteiger partial charge on any atom is 0.292 e. The molecular weight excluding hydrogens is 282 g/mol. The van der Waals surface area contributed by atoms with Crippen LogP contribution in [-0.2, 0) is 4.79 Å². The van der Waals surface area contributed by atoms with Gasteiger partial charge in [-0.05, 0) is 24.6 Å². The lowest BCUT2D eigenvalue weighted by Crippen LogP contribution is -2.33. The second kappa shape index (κ2) is 5.85. The zero-order valence-electron chi connectivity index (χ0n) is 11.8. The summed E-state index contributed by atoms with van der Waals surface area (Å²) in [4.78, 5) is 24.8. The minimum absolute atomic E-state index is 0.0199. The Morgan fingerprint density at radius 2 is 1.77 bits per heavy atom. The molecule has 0 spiro atoms. The fourth-order valence-electron chi connectivity index (χ4n) is 2.62. The number of hydrogen-bond donors (Lipinski definition) is 1. The third kappa shape index (κ3) is 2.63. The Morgan fingerprint density at radius 1 is 1.09 bits per heavy atom. The van der Waals surface area contributed by atoms with E-state index in [1.54, 1.807) is 23.1 Å². The van der Waals surface area contributed by atoms with E-state index in [2.05, 4.69) is 5.32 Å². The summed E-state index contributed by atoms with van der Waals surface area (Å²) < 4.78 is 0. The summed E-state index contributed by atoms with van der Waals surface area (Å²) in [5.41, 5.74) is 1.20. The molecule has 0 aromatic heterocycles.